The first-order valence-electron chi connectivity index (χ1n) is 15.4. The van der Waals surface area contributed by atoms with Gasteiger partial charge in [0.05, 0.1) is 18.8 Å². The molecule has 6 nitrogen and oxygen atoms in total. The van der Waals surface area contributed by atoms with Crippen molar-refractivity contribution in [2.75, 3.05) is 20.2 Å². The maximum absolute atomic E-state index is 12.1. The highest BCUT2D eigenvalue weighted by Gasteiger charge is 2.63. The predicted octanol–water partition coefficient (Wildman–Crippen LogP) is 5.75. The molecule has 0 spiro atoms. The Balaban J connectivity index is 0.00000400. The molecule has 2 N–H and O–H groups in total. The summed E-state index contributed by atoms with van der Waals surface area (Å²) in [4.78, 5) is 29.8. The molecule has 4 aliphatic rings. The van der Waals surface area contributed by atoms with Crippen molar-refractivity contribution in [2.24, 2.45) is 46.3 Å². The maximum atomic E-state index is 12.1. The largest absolute Gasteiger partial charge is 0.381 e. The highest BCUT2D eigenvalue weighted by molar-refractivity contribution is 6.92. The van der Waals surface area contributed by atoms with Gasteiger partial charge in [0.2, 0.25) is 5.91 Å². The third kappa shape index (κ3) is 6.19. The van der Waals surface area contributed by atoms with Crippen LogP contribution in [0.15, 0.2) is 0 Å². The van der Waals surface area contributed by atoms with Gasteiger partial charge in [0, 0.05) is 26.5 Å². The Kier molecular flexibility index (Phi) is 11.3. The Labute approximate surface area is 235 Å². The lowest BCUT2D eigenvalue weighted by atomic mass is 9.43. The molecular formula is C31H57N2O4P. The lowest BCUT2D eigenvalue weighted by molar-refractivity contribution is -0.190. The topological polar surface area (TPSA) is 76.7 Å². The number of carbonyl (C=O) groups is 2. The minimum absolute atomic E-state index is 0. The van der Waals surface area contributed by atoms with Gasteiger partial charge in [0.1, 0.15) is 5.78 Å². The smallest absolute Gasteiger partial charge is 0.219 e. The van der Waals surface area contributed by atoms with Crippen LogP contribution < -0.4 is 10.8 Å². The van der Waals surface area contributed by atoms with Gasteiger partial charge >= 0.3 is 0 Å². The Hall–Kier alpha value is -0.550. The summed E-state index contributed by atoms with van der Waals surface area (Å²) in [5.74, 6) is 4.38. The van der Waals surface area contributed by atoms with Crippen molar-refractivity contribution in [3.8, 4) is 0 Å². The van der Waals surface area contributed by atoms with Crippen LogP contribution in [0.1, 0.15) is 105 Å². The minimum Gasteiger partial charge on any atom is -0.381 e. The van der Waals surface area contributed by atoms with Crippen LogP contribution in [0.3, 0.4) is 0 Å². The summed E-state index contributed by atoms with van der Waals surface area (Å²) in [6, 6.07) is 0. The molecule has 0 aromatic heterocycles. The quantitative estimate of drug-likeness (QED) is 0.252. The molecule has 4 aliphatic carbocycles. The molecule has 0 heterocycles. The zero-order chi connectivity index (χ0) is 26.8. The van der Waals surface area contributed by atoms with E-state index in [4.69, 9.17) is 9.57 Å². The van der Waals surface area contributed by atoms with Crippen LogP contribution in [0.5, 0.6) is 0 Å². The van der Waals surface area contributed by atoms with E-state index in [0.717, 1.165) is 38.1 Å². The lowest BCUT2D eigenvalue weighted by Crippen LogP contribution is -2.59. The number of fused-ring (bicyclic) bond motifs is 5. The van der Waals surface area contributed by atoms with Crippen molar-refractivity contribution in [1.29, 1.82) is 0 Å². The number of rotatable bonds is 11. The second kappa shape index (κ2) is 13.4. The molecule has 0 radical (unpaired) electrons. The van der Waals surface area contributed by atoms with Gasteiger partial charge < -0.3 is 10.1 Å². The number of hydroxylamine groups is 1. The van der Waals surface area contributed by atoms with Crippen molar-refractivity contribution >= 4 is 21.6 Å². The summed E-state index contributed by atoms with van der Waals surface area (Å²) < 4.78 is 6.32. The van der Waals surface area contributed by atoms with E-state index in [1.165, 1.54) is 32.1 Å². The number of carbonyl (C=O) groups excluding carboxylic acids is 2. The van der Waals surface area contributed by atoms with Crippen molar-refractivity contribution in [3.05, 3.63) is 0 Å². The average Bonchev–Trinajstić information content (AvgIpc) is 3.24. The number of ether oxygens (including phenoxy) is 1. The molecule has 5 unspecified atom stereocenters. The molecule has 11 atom stereocenters. The van der Waals surface area contributed by atoms with Crippen LogP contribution >= 0.6 is 9.90 Å². The van der Waals surface area contributed by atoms with E-state index in [9.17, 15) is 9.59 Å². The number of hydrogen-bond acceptors (Lipinski definition) is 5. The van der Waals surface area contributed by atoms with Crippen LogP contribution in [0, 0.1) is 46.3 Å². The zero-order valence-corrected chi connectivity index (χ0v) is 26.6. The van der Waals surface area contributed by atoms with Gasteiger partial charge in [0.25, 0.3) is 0 Å². The predicted molar refractivity (Wildman–Crippen MR) is 158 cm³/mol. The molecule has 1 amide bonds. The Morgan fingerprint density at radius 3 is 2.39 bits per heavy atom. The molecule has 0 bridgehead atoms. The van der Waals surface area contributed by atoms with E-state index in [1.54, 1.807) is 0 Å². The van der Waals surface area contributed by atoms with E-state index >= 15 is 0 Å². The normalized spacial score (nSPS) is 40.7. The number of ketones is 1. The van der Waals surface area contributed by atoms with E-state index in [1.807, 2.05) is 21.0 Å². The van der Waals surface area contributed by atoms with Crippen molar-refractivity contribution in [2.45, 2.75) is 117 Å². The molecule has 4 saturated carbocycles. The summed E-state index contributed by atoms with van der Waals surface area (Å²) in [5.41, 5.74) is 3.67. The molecule has 0 saturated heterocycles. The van der Waals surface area contributed by atoms with Crippen LogP contribution in [0.4, 0.5) is 0 Å². The second-order valence-electron chi connectivity index (χ2n) is 13.4. The van der Waals surface area contributed by atoms with Gasteiger partial charge in [0.15, 0.2) is 0 Å². The molecule has 0 aromatic rings. The molecule has 4 fully saturated rings. The van der Waals surface area contributed by atoms with E-state index < -0.39 is 0 Å². The van der Waals surface area contributed by atoms with Gasteiger partial charge in [-0.1, -0.05) is 27.7 Å². The van der Waals surface area contributed by atoms with Crippen LogP contribution in [0.2, 0.25) is 0 Å². The minimum atomic E-state index is 0. The van der Waals surface area contributed by atoms with Gasteiger partial charge in [-0.3, -0.25) is 14.4 Å². The summed E-state index contributed by atoms with van der Waals surface area (Å²) in [6.45, 7) is 12.5. The molecule has 7 heteroatoms. The first-order chi connectivity index (χ1) is 17.7. The first kappa shape index (κ1) is 32.0. The first-order valence-corrected chi connectivity index (χ1v) is 15.4. The molecular weight excluding hydrogens is 495 g/mol. The van der Waals surface area contributed by atoms with E-state index in [2.05, 4.69) is 31.6 Å². The lowest BCUT2D eigenvalue weighted by Gasteiger charge is -2.63. The number of methoxy groups -OCH3 is 1. The average molecular weight is 553 g/mol. The number of hydrogen-bond donors (Lipinski definition) is 2. The van der Waals surface area contributed by atoms with Gasteiger partial charge in [-0.15, -0.1) is 0 Å². The third-order valence-electron chi connectivity index (χ3n) is 11.8. The Morgan fingerprint density at radius 1 is 1.00 bits per heavy atom. The van der Waals surface area contributed by atoms with Crippen molar-refractivity contribution < 1.29 is 19.2 Å². The number of amides is 1. The fraction of sp³-hybridized carbons (Fsp3) is 0.935. The SMILES string of the molecule is CCNC(=O)CC[C@H](C)C1CCC2C3C(CC[C@@]21C)[C@@]1(C)CC[C@@H](ONCC(=O)CC)C[C@H]1C[C@H]3OC.P. The monoisotopic (exact) mass is 552 g/mol. The zero-order valence-electron chi connectivity index (χ0n) is 25.2. The van der Waals surface area contributed by atoms with Gasteiger partial charge in [-0.05, 0) is 111 Å². The maximum Gasteiger partial charge on any atom is 0.219 e. The molecule has 220 valence electrons. The molecule has 0 aliphatic heterocycles. The summed E-state index contributed by atoms with van der Waals surface area (Å²) >= 11 is 0. The Morgan fingerprint density at radius 2 is 1.71 bits per heavy atom. The van der Waals surface area contributed by atoms with Gasteiger partial charge in [-0.2, -0.15) is 15.4 Å². The second-order valence-corrected chi connectivity index (χ2v) is 13.4. The Bertz CT molecular complexity index is 811. The fourth-order valence-corrected chi connectivity index (χ4v) is 9.70. The number of nitrogens with one attached hydrogen (secondary N) is 2. The fourth-order valence-electron chi connectivity index (χ4n) is 9.70. The molecule has 0 aromatic carbocycles. The number of Topliss-reactive ketones (excluding diaryl/α,β-unsaturated/α-hetero) is 1. The van der Waals surface area contributed by atoms with Gasteiger partial charge in [-0.25, -0.2) is 0 Å². The van der Waals surface area contributed by atoms with Crippen LogP contribution in [-0.4, -0.2) is 44.1 Å². The van der Waals surface area contributed by atoms with Crippen molar-refractivity contribution in [3.63, 3.8) is 0 Å². The van der Waals surface area contributed by atoms with Crippen LogP contribution in [0.25, 0.3) is 0 Å². The van der Waals surface area contributed by atoms with E-state index in [0.29, 0.717) is 65.9 Å². The summed E-state index contributed by atoms with van der Waals surface area (Å²) in [5, 5.41) is 2.98. The molecule has 4 rings (SSSR count). The van der Waals surface area contributed by atoms with Crippen molar-refractivity contribution in [1.82, 2.24) is 10.8 Å². The van der Waals surface area contributed by atoms with Crippen LogP contribution in [-0.2, 0) is 19.2 Å². The summed E-state index contributed by atoms with van der Waals surface area (Å²) in [7, 11) is 1.94. The standard InChI is InChI=1S/C31H54N2O4.H3P/c1-7-22(34)19-33-37-23-13-15-30(4)21(17-23)18-27(36-6)29-25-11-10-24(31(25,5)16-14-26(29)30)20(3)9-12-28(35)32-8-2;/h20-21,23-27,29,33H,7-19H2,1-6H3,(H,32,35);1H3/t20-,21-,23+,24?,25?,26?,27+,29?,30-,31+;/m0./s1. The summed E-state index contributed by atoms with van der Waals surface area (Å²) in [6.07, 6.45) is 12.4. The molecule has 38 heavy (non-hydrogen) atoms. The van der Waals surface area contributed by atoms with E-state index in [-0.39, 0.29) is 27.7 Å². The third-order valence-corrected chi connectivity index (χ3v) is 11.8. The highest BCUT2D eigenvalue weighted by Crippen LogP contribution is 2.68. The highest BCUT2D eigenvalue weighted by atomic mass is 31.0.